The zero-order chi connectivity index (χ0) is 27.5. The van der Waals surface area contributed by atoms with Crippen LogP contribution >= 0.6 is 0 Å². The Kier molecular flexibility index (Phi) is 7.65. The maximum absolute atomic E-state index is 13.5. The van der Waals surface area contributed by atoms with E-state index < -0.39 is 0 Å². The minimum atomic E-state index is -0.280. The molecule has 5 rings (SSSR count). The zero-order valence-corrected chi connectivity index (χ0v) is 22.8. The van der Waals surface area contributed by atoms with E-state index in [-0.39, 0.29) is 17.4 Å². The van der Waals surface area contributed by atoms with Crippen molar-refractivity contribution in [1.29, 1.82) is 0 Å². The molecule has 0 radical (unpaired) electrons. The lowest BCUT2D eigenvalue weighted by Gasteiger charge is -2.30. The van der Waals surface area contributed by atoms with Crippen LogP contribution in [0.1, 0.15) is 58.6 Å². The summed E-state index contributed by atoms with van der Waals surface area (Å²) < 4.78 is 15.2. The lowest BCUT2D eigenvalue weighted by atomic mass is 10.0. The first-order chi connectivity index (χ1) is 18.8. The molecule has 200 valence electrons. The number of H-pyrrole nitrogens is 1. The highest BCUT2D eigenvalue weighted by Crippen LogP contribution is 2.27. The van der Waals surface area contributed by atoms with E-state index >= 15 is 0 Å². The van der Waals surface area contributed by atoms with E-state index in [0.29, 0.717) is 31.0 Å². The third-order valence-electron chi connectivity index (χ3n) is 7.20. The van der Waals surface area contributed by atoms with Crippen LogP contribution in [0.3, 0.4) is 0 Å². The van der Waals surface area contributed by atoms with E-state index in [2.05, 4.69) is 76.5 Å². The number of aromatic amines is 1. The average molecular weight is 525 g/mol. The first-order valence-corrected chi connectivity index (χ1v) is 13.2. The predicted octanol–water partition coefficient (Wildman–Crippen LogP) is 5.78. The van der Waals surface area contributed by atoms with Crippen molar-refractivity contribution in [3.8, 4) is 0 Å². The van der Waals surface area contributed by atoms with E-state index in [1.54, 1.807) is 16.8 Å². The van der Waals surface area contributed by atoms with Gasteiger partial charge in [0.2, 0.25) is 0 Å². The van der Waals surface area contributed by atoms with Gasteiger partial charge in [0.15, 0.2) is 5.82 Å². The summed E-state index contributed by atoms with van der Waals surface area (Å²) in [5.74, 6) is 0.426. The number of pyridine rings is 1. The van der Waals surface area contributed by atoms with Gasteiger partial charge in [-0.3, -0.25) is 9.69 Å². The summed E-state index contributed by atoms with van der Waals surface area (Å²) in [4.78, 5) is 18.6. The third kappa shape index (κ3) is 5.96. The molecule has 7 nitrogen and oxygen atoms in total. The largest absolute Gasteiger partial charge is 0.322 e. The Hall–Kier alpha value is -4.17. The number of hydrogen-bond acceptors (Lipinski definition) is 5. The lowest BCUT2D eigenvalue weighted by Crippen LogP contribution is -2.32. The molecule has 1 N–H and O–H groups in total. The van der Waals surface area contributed by atoms with E-state index in [4.69, 9.17) is 0 Å². The molecule has 0 fully saturated rings. The van der Waals surface area contributed by atoms with Crippen molar-refractivity contribution in [2.45, 2.75) is 59.8 Å². The van der Waals surface area contributed by atoms with E-state index in [9.17, 15) is 9.18 Å². The van der Waals surface area contributed by atoms with Crippen molar-refractivity contribution in [3.63, 3.8) is 0 Å². The van der Waals surface area contributed by atoms with Gasteiger partial charge in [-0.1, -0.05) is 55.0 Å². The standard InChI is InChI=1S/C31H33FN6O/c1-5-29(30-34-35-36-38(30)18-24-10-12-26(32)13-11-24)37(17-23-8-6-20(2)7-9-23)19-25-16-27-22(4)14-21(3)15-28(27)33-31(25)39/h6-16,29H,5,17-19H2,1-4H3,(H,33,39)/t29-/m1/s1. The van der Waals surface area contributed by atoms with Gasteiger partial charge in [0, 0.05) is 29.6 Å². The van der Waals surface area contributed by atoms with Crippen LogP contribution in [0.5, 0.6) is 0 Å². The Morgan fingerprint density at radius 2 is 1.64 bits per heavy atom. The van der Waals surface area contributed by atoms with Gasteiger partial charge in [-0.25, -0.2) is 9.07 Å². The molecule has 0 spiro atoms. The molecule has 0 bridgehead atoms. The van der Waals surface area contributed by atoms with Gasteiger partial charge in [0.1, 0.15) is 5.82 Å². The first kappa shape index (κ1) is 26.4. The number of tetrazole rings is 1. The maximum atomic E-state index is 13.5. The van der Waals surface area contributed by atoms with E-state index in [1.807, 2.05) is 19.1 Å². The molecule has 2 aromatic heterocycles. The molecule has 0 aliphatic heterocycles. The summed E-state index contributed by atoms with van der Waals surface area (Å²) in [7, 11) is 0. The van der Waals surface area contributed by atoms with Crippen molar-refractivity contribution in [2.24, 2.45) is 0 Å². The number of aryl methyl sites for hydroxylation is 3. The molecule has 0 unspecified atom stereocenters. The van der Waals surface area contributed by atoms with Crippen LogP contribution < -0.4 is 5.56 Å². The Morgan fingerprint density at radius 3 is 2.36 bits per heavy atom. The SMILES string of the molecule is CC[C@H](c1nnnn1Cc1ccc(F)cc1)N(Cc1ccc(C)cc1)Cc1cc2c(C)cc(C)cc2[nH]c1=O. The average Bonchev–Trinajstić information content (AvgIpc) is 3.35. The number of aromatic nitrogens is 5. The highest BCUT2D eigenvalue weighted by molar-refractivity contribution is 5.83. The summed E-state index contributed by atoms with van der Waals surface area (Å²) in [6.07, 6.45) is 0.735. The van der Waals surface area contributed by atoms with Crippen LogP contribution in [-0.2, 0) is 19.6 Å². The van der Waals surface area contributed by atoms with Crippen molar-refractivity contribution in [1.82, 2.24) is 30.1 Å². The predicted molar refractivity (Wildman–Crippen MR) is 151 cm³/mol. The Balaban J connectivity index is 1.53. The Bertz CT molecular complexity index is 1640. The number of fused-ring (bicyclic) bond motifs is 1. The number of rotatable bonds is 9. The summed E-state index contributed by atoms with van der Waals surface area (Å²) in [5, 5.41) is 13.7. The molecule has 2 heterocycles. The third-order valence-corrected chi connectivity index (χ3v) is 7.20. The second-order valence-corrected chi connectivity index (χ2v) is 10.3. The molecule has 0 aliphatic carbocycles. The van der Waals surface area contributed by atoms with Crippen molar-refractivity contribution in [3.05, 3.63) is 122 Å². The van der Waals surface area contributed by atoms with Gasteiger partial charge in [-0.15, -0.1) is 5.10 Å². The van der Waals surface area contributed by atoms with Gasteiger partial charge in [-0.2, -0.15) is 0 Å². The van der Waals surface area contributed by atoms with E-state index in [1.165, 1.54) is 17.7 Å². The summed E-state index contributed by atoms with van der Waals surface area (Å²) >= 11 is 0. The number of hydrogen-bond donors (Lipinski definition) is 1. The quantitative estimate of drug-likeness (QED) is 0.264. The van der Waals surface area contributed by atoms with Gasteiger partial charge >= 0.3 is 0 Å². The molecule has 8 heteroatoms. The molecular formula is C31H33FN6O. The van der Waals surface area contributed by atoms with Gasteiger partial charge in [0.25, 0.3) is 5.56 Å². The van der Waals surface area contributed by atoms with Crippen LogP contribution in [0.25, 0.3) is 10.9 Å². The topological polar surface area (TPSA) is 79.7 Å². The van der Waals surface area contributed by atoms with Crippen LogP contribution in [-0.4, -0.2) is 30.1 Å². The normalized spacial score (nSPS) is 12.4. The first-order valence-electron chi connectivity index (χ1n) is 13.2. The number of halogens is 1. The maximum Gasteiger partial charge on any atom is 0.252 e. The molecule has 39 heavy (non-hydrogen) atoms. The van der Waals surface area contributed by atoms with Crippen LogP contribution in [0.15, 0.2) is 71.5 Å². The zero-order valence-electron chi connectivity index (χ0n) is 22.8. The number of benzene rings is 3. The molecule has 5 aromatic rings. The molecule has 0 saturated carbocycles. The summed E-state index contributed by atoms with van der Waals surface area (Å²) in [5.41, 5.74) is 6.92. The Labute approximate surface area is 227 Å². The lowest BCUT2D eigenvalue weighted by molar-refractivity contribution is 0.161. The fourth-order valence-electron chi connectivity index (χ4n) is 5.19. The molecule has 0 saturated heterocycles. The molecule has 1 atom stereocenters. The fraction of sp³-hybridized carbons (Fsp3) is 0.290. The molecule has 0 aliphatic rings. The fourth-order valence-corrected chi connectivity index (χ4v) is 5.19. The van der Waals surface area contributed by atoms with Crippen LogP contribution in [0, 0.1) is 26.6 Å². The van der Waals surface area contributed by atoms with Gasteiger partial charge in [-0.05, 0) is 84.1 Å². The van der Waals surface area contributed by atoms with Gasteiger partial charge in [0.05, 0.1) is 12.6 Å². The van der Waals surface area contributed by atoms with Crippen LogP contribution in [0.2, 0.25) is 0 Å². The molecule has 0 amide bonds. The van der Waals surface area contributed by atoms with Crippen molar-refractivity contribution in [2.75, 3.05) is 0 Å². The minimum Gasteiger partial charge on any atom is -0.322 e. The van der Waals surface area contributed by atoms with Gasteiger partial charge < -0.3 is 4.98 Å². The second-order valence-electron chi connectivity index (χ2n) is 10.3. The highest BCUT2D eigenvalue weighted by Gasteiger charge is 2.26. The second kappa shape index (κ2) is 11.3. The van der Waals surface area contributed by atoms with Crippen LogP contribution in [0.4, 0.5) is 4.39 Å². The highest BCUT2D eigenvalue weighted by atomic mass is 19.1. The number of nitrogens with zero attached hydrogens (tertiary/aromatic N) is 5. The Morgan fingerprint density at radius 1 is 0.923 bits per heavy atom. The molecule has 3 aromatic carbocycles. The smallest absolute Gasteiger partial charge is 0.252 e. The molecular weight excluding hydrogens is 491 g/mol. The number of nitrogens with one attached hydrogen (secondary N) is 1. The summed E-state index contributed by atoms with van der Waals surface area (Å²) in [6.45, 7) is 9.73. The van der Waals surface area contributed by atoms with Crippen molar-refractivity contribution < 1.29 is 4.39 Å². The monoisotopic (exact) mass is 524 g/mol. The summed E-state index contributed by atoms with van der Waals surface area (Å²) in [6, 6.07) is 20.8. The van der Waals surface area contributed by atoms with Crippen molar-refractivity contribution >= 4 is 10.9 Å². The minimum absolute atomic E-state index is 0.0952. The van der Waals surface area contributed by atoms with E-state index in [0.717, 1.165) is 39.6 Å².